The number of primary sulfonamides is 1. The lowest BCUT2D eigenvalue weighted by Crippen LogP contribution is -2.37. The molecule has 0 radical (unpaired) electrons. The van der Waals surface area contributed by atoms with Crippen LogP contribution in [0.4, 0.5) is 5.69 Å². The van der Waals surface area contributed by atoms with Crippen molar-refractivity contribution in [3.63, 3.8) is 0 Å². The van der Waals surface area contributed by atoms with Crippen LogP contribution in [0.3, 0.4) is 0 Å². The van der Waals surface area contributed by atoms with Gasteiger partial charge in [0.15, 0.2) is 0 Å². The zero-order valence-corrected chi connectivity index (χ0v) is 13.1. The third-order valence-corrected chi connectivity index (χ3v) is 4.79. The van der Waals surface area contributed by atoms with Gasteiger partial charge < -0.3 is 10.6 Å². The van der Waals surface area contributed by atoms with Crippen molar-refractivity contribution in [3.05, 3.63) is 23.3 Å². The smallest absolute Gasteiger partial charge is 0.238 e. The van der Waals surface area contributed by atoms with Crippen molar-refractivity contribution in [3.8, 4) is 0 Å². The van der Waals surface area contributed by atoms with Gasteiger partial charge in [0.1, 0.15) is 0 Å². The number of rotatable bonds is 3. The van der Waals surface area contributed by atoms with Crippen LogP contribution in [0.25, 0.3) is 0 Å². The first-order valence-corrected chi connectivity index (χ1v) is 8.49. The van der Waals surface area contributed by atoms with Crippen LogP contribution in [0, 0.1) is 19.8 Å². The predicted octanol–water partition coefficient (Wildman–Crippen LogP) is 0.889. The Morgan fingerprint density at radius 2 is 2.10 bits per heavy atom. The molecular weight excluding hydrogens is 290 g/mol. The van der Waals surface area contributed by atoms with Gasteiger partial charge >= 0.3 is 0 Å². The van der Waals surface area contributed by atoms with Gasteiger partial charge in [-0.05, 0) is 56.5 Å². The number of piperidine rings is 1. The molecule has 7 heteroatoms. The molecule has 0 unspecified atom stereocenters. The highest BCUT2D eigenvalue weighted by molar-refractivity contribution is 7.89. The van der Waals surface area contributed by atoms with E-state index in [-0.39, 0.29) is 16.7 Å². The predicted molar refractivity (Wildman–Crippen MR) is 81.5 cm³/mol. The zero-order chi connectivity index (χ0) is 15.6. The second-order valence-corrected chi connectivity index (χ2v) is 7.05. The summed E-state index contributed by atoms with van der Waals surface area (Å²) in [4.78, 5) is 12.3. The highest BCUT2D eigenvalue weighted by Gasteiger charge is 2.22. The lowest BCUT2D eigenvalue weighted by Gasteiger charge is -2.22. The molecule has 1 fully saturated rings. The van der Waals surface area contributed by atoms with Crippen molar-refractivity contribution in [2.45, 2.75) is 31.6 Å². The molecule has 1 aliphatic heterocycles. The maximum atomic E-state index is 12.3. The summed E-state index contributed by atoms with van der Waals surface area (Å²) in [7, 11) is -3.79. The van der Waals surface area contributed by atoms with E-state index in [4.69, 9.17) is 5.14 Å². The third-order valence-electron chi connectivity index (χ3n) is 3.89. The summed E-state index contributed by atoms with van der Waals surface area (Å²) in [5.41, 5.74) is 2.13. The normalized spacial score (nSPS) is 19.3. The molecule has 0 bridgehead atoms. The Morgan fingerprint density at radius 3 is 2.67 bits per heavy atom. The summed E-state index contributed by atoms with van der Waals surface area (Å²) >= 11 is 0. The van der Waals surface area contributed by atoms with Crippen LogP contribution in [0.2, 0.25) is 0 Å². The average Bonchev–Trinajstić information content (AvgIpc) is 2.43. The summed E-state index contributed by atoms with van der Waals surface area (Å²) in [6.45, 7) is 5.22. The van der Waals surface area contributed by atoms with Crippen molar-refractivity contribution < 1.29 is 13.2 Å². The van der Waals surface area contributed by atoms with Crippen molar-refractivity contribution in [2.24, 2.45) is 11.1 Å². The summed E-state index contributed by atoms with van der Waals surface area (Å²) in [6.07, 6.45) is 1.80. The first-order chi connectivity index (χ1) is 9.79. The molecule has 0 aromatic heterocycles. The number of nitrogens with two attached hydrogens (primary N) is 1. The van der Waals surface area contributed by atoms with Crippen LogP contribution in [-0.2, 0) is 14.8 Å². The highest BCUT2D eigenvalue weighted by Crippen LogP contribution is 2.24. The second-order valence-electron chi connectivity index (χ2n) is 5.49. The molecule has 1 atom stereocenters. The summed E-state index contributed by atoms with van der Waals surface area (Å²) in [6, 6.07) is 2.94. The molecule has 2 rings (SSSR count). The van der Waals surface area contributed by atoms with Gasteiger partial charge in [0.05, 0.1) is 10.8 Å². The quantitative estimate of drug-likeness (QED) is 0.771. The van der Waals surface area contributed by atoms with E-state index in [1.165, 1.54) is 12.1 Å². The van der Waals surface area contributed by atoms with Crippen molar-refractivity contribution in [2.75, 3.05) is 18.4 Å². The number of carbonyl (C=O) groups excluding carboxylic acids is 1. The maximum Gasteiger partial charge on any atom is 0.238 e. The number of anilines is 1. The Hall–Kier alpha value is -1.44. The van der Waals surface area contributed by atoms with Crippen LogP contribution >= 0.6 is 0 Å². The molecule has 0 saturated carbocycles. The number of benzene rings is 1. The molecule has 0 aliphatic carbocycles. The fourth-order valence-corrected chi connectivity index (χ4v) is 3.05. The molecule has 21 heavy (non-hydrogen) atoms. The van der Waals surface area contributed by atoms with Gasteiger partial charge in [-0.25, -0.2) is 13.6 Å². The second kappa shape index (κ2) is 6.13. The van der Waals surface area contributed by atoms with Gasteiger partial charge in [0.2, 0.25) is 15.9 Å². The molecule has 1 saturated heterocycles. The first kappa shape index (κ1) is 15.9. The number of hydrogen-bond donors (Lipinski definition) is 3. The molecule has 1 aromatic carbocycles. The molecular formula is C14H21N3O3S. The van der Waals surface area contributed by atoms with Crippen LogP contribution < -0.4 is 15.8 Å². The average molecular weight is 311 g/mol. The van der Waals surface area contributed by atoms with Crippen LogP contribution in [-0.4, -0.2) is 27.4 Å². The first-order valence-electron chi connectivity index (χ1n) is 6.94. The van der Waals surface area contributed by atoms with Gasteiger partial charge in [-0.1, -0.05) is 0 Å². The van der Waals surface area contributed by atoms with Gasteiger partial charge in [0.25, 0.3) is 0 Å². The number of sulfonamides is 1. The SMILES string of the molecule is Cc1cc(S(N)(=O)=O)cc(NC(=O)[C@@H]2CCCNC2)c1C. The van der Waals surface area contributed by atoms with Gasteiger partial charge in [-0.2, -0.15) is 0 Å². The zero-order valence-electron chi connectivity index (χ0n) is 12.3. The minimum absolute atomic E-state index is 0.0164. The van der Waals surface area contributed by atoms with Crippen LogP contribution in [0.5, 0.6) is 0 Å². The van der Waals surface area contributed by atoms with E-state index in [1.807, 2.05) is 6.92 Å². The Labute approximate surface area is 125 Å². The Kier molecular flexibility index (Phi) is 4.65. The molecule has 0 spiro atoms. The number of carbonyl (C=O) groups is 1. The van der Waals surface area contributed by atoms with Crippen molar-refractivity contribution in [1.29, 1.82) is 0 Å². The maximum absolute atomic E-state index is 12.3. The topological polar surface area (TPSA) is 101 Å². The lowest BCUT2D eigenvalue weighted by atomic mass is 9.98. The van der Waals surface area contributed by atoms with Gasteiger partial charge in [-0.15, -0.1) is 0 Å². The van der Waals surface area contributed by atoms with E-state index in [1.54, 1.807) is 6.92 Å². The number of hydrogen-bond acceptors (Lipinski definition) is 4. The molecule has 1 amide bonds. The minimum Gasteiger partial charge on any atom is -0.326 e. The number of aryl methyl sites for hydroxylation is 1. The lowest BCUT2D eigenvalue weighted by molar-refractivity contribution is -0.120. The minimum atomic E-state index is -3.79. The molecule has 116 valence electrons. The number of nitrogens with one attached hydrogen (secondary N) is 2. The summed E-state index contributed by atoms with van der Waals surface area (Å²) in [5.74, 6) is -0.173. The van der Waals surface area contributed by atoms with Crippen molar-refractivity contribution >= 4 is 21.6 Å². The Bertz CT molecular complexity index is 650. The van der Waals surface area contributed by atoms with E-state index in [2.05, 4.69) is 10.6 Å². The van der Waals surface area contributed by atoms with Crippen LogP contribution in [0.1, 0.15) is 24.0 Å². The molecule has 1 aliphatic rings. The van der Waals surface area contributed by atoms with E-state index in [9.17, 15) is 13.2 Å². The van der Waals surface area contributed by atoms with Crippen LogP contribution in [0.15, 0.2) is 17.0 Å². The fourth-order valence-electron chi connectivity index (χ4n) is 2.43. The van der Waals surface area contributed by atoms with E-state index in [0.717, 1.165) is 30.5 Å². The van der Waals surface area contributed by atoms with E-state index in [0.29, 0.717) is 12.2 Å². The van der Waals surface area contributed by atoms with Gasteiger partial charge in [0, 0.05) is 12.2 Å². The van der Waals surface area contributed by atoms with Crippen molar-refractivity contribution in [1.82, 2.24) is 5.32 Å². The van der Waals surface area contributed by atoms with E-state index < -0.39 is 10.0 Å². The standard InChI is InChI=1S/C14H21N3O3S/c1-9-6-12(21(15,19)20)7-13(10(9)2)17-14(18)11-4-3-5-16-8-11/h6-7,11,16H,3-5,8H2,1-2H3,(H,17,18)(H2,15,19,20)/t11-/m1/s1. The largest absolute Gasteiger partial charge is 0.326 e. The fraction of sp³-hybridized carbons (Fsp3) is 0.500. The Balaban J connectivity index is 2.26. The molecule has 1 aromatic rings. The molecule has 1 heterocycles. The molecule has 6 nitrogen and oxygen atoms in total. The third kappa shape index (κ3) is 3.81. The monoisotopic (exact) mass is 311 g/mol. The van der Waals surface area contributed by atoms with Gasteiger partial charge in [-0.3, -0.25) is 4.79 Å². The number of amides is 1. The molecule has 4 N–H and O–H groups in total. The highest BCUT2D eigenvalue weighted by atomic mass is 32.2. The summed E-state index contributed by atoms with van der Waals surface area (Å²) < 4.78 is 23.0. The van der Waals surface area contributed by atoms with E-state index >= 15 is 0 Å². The Morgan fingerprint density at radius 1 is 1.38 bits per heavy atom. The summed E-state index contributed by atoms with van der Waals surface area (Å²) in [5, 5.41) is 11.2.